The summed E-state index contributed by atoms with van der Waals surface area (Å²) in [5.41, 5.74) is 2.77. The van der Waals surface area contributed by atoms with Crippen LogP contribution in [0.5, 0.6) is 5.75 Å². The minimum absolute atomic E-state index is 0.0238. The Kier molecular flexibility index (Phi) is 4.38. The molecular weight excluding hydrogens is 228 g/mol. The summed E-state index contributed by atoms with van der Waals surface area (Å²) in [6.45, 7) is 10.4. The average Bonchev–Trinajstić information content (AvgIpc) is 2.21. The van der Waals surface area contributed by atoms with E-state index in [-0.39, 0.29) is 23.6 Å². The van der Waals surface area contributed by atoms with Gasteiger partial charge in [0.15, 0.2) is 0 Å². The van der Waals surface area contributed by atoms with Gasteiger partial charge in [-0.2, -0.15) is 0 Å². The van der Waals surface area contributed by atoms with Crippen LogP contribution in [0.15, 0.2) is 12.1 Å². The Morgan fingerprint density at radius 1 is 1.33 bits per heavy atom. The first kappa shape index (κ1) is 14.6. The minimum atomic E-state index is -0.310. The molecule has 0 atom stereocenters. The van der Waals surface area contributed by atoms with Crippen LogP contribution in [0.2, 0.25) is 0 Å². The predicted molar refractivity (Wildman–Crippen MR) is 71.9 cm³/mol. The largest absolute Gasteiger partial charge is 0.508 e. The van der Waals surface area contributed by atoms with Gasteiger partial charge in [-0.3, -0.25) is 4.79 Å². The molecule has 1 N–H and O–H groups in total. The third-order valence-corrected chi connectivity index (χ3v) is 2.87. The zero-order valence-corrected chi connectivity index (χ0v) is 11.8. The van der Waals surface area contributed by atoms with Gasteiger partial charge in [0.2, 0.25) is 0 Å². The number of carbonyl (C=O) groups excluding carboxylic acids is 1. The molecule has 0 amide bonds. The molecule has 0 bridgehead atoms. The number of esters is 1. The standard InChI is InChI=1S/C15H22O3/c1-6-18-14(17)8-11-7-10(2)12(9-13(11)16)15(3,4)5/h7,9,16H,6,8H2,1-5H3. The van der Waals surface area contributed by atoms with Crippen molar-refractivity contribution < 1.29 is 14.6 Å². The number of hydrogen-bond acceptors (Lipinski definition) is 3. The van der Waals surface area contributed by atoms with E-state index in [4.69, 9.17) is 4.74 Å². The van der Waals surface area contributed by atoms with Crippen molar-refractivity contribution >= 4 is 5.97 Å². The molecule has 18 heavy (non-hydrogen) atoms. The normalized spacial score (nSPS) is 11.4. The number of ether oxygens (including phenoxy) is 1. The fourth-order valence-corrected chi connectivity index (χ4v) is 2.07. The molecule has 0 saturated heterocycles. The topological polar surface area (TPSA) is 46.5 Å². The van der Waals surface area contributed by atoms with Crippen molar-refractivity contribution in [3.05, 3.63) is 28.8 Å². The van der Waals surface area contributed by atoms with Gasteiger partial charge in [-0.25, -0.2) is 0 Å². The smallest absolute Gasteiger partial charge is 0.310 e. The number of hydrogen-bond donors (Lipinski definition) is 1. The van der Waals surface area contributed by atoms with Gasteiger partial charge in [0, 0.05) is 5.56 Å². The number of phenolic OH excluding ortho intramolecular Hbond substituents is 1. The zero-order chi connectivity index (χ0) is 13.9. The van der Waals surface area contributed by atoms with E-state index in [1.807, 2.05) is 13.0 Å². The Labute approximate surface area is 109 Å². The van der Waals surface area contributed by atoms with Crippen LogP contribution < -0.4 is 0 Å². The first-order chi connectivity index (χ1) is 8.25. The van der Waals surface area contributed by atoms with E-state index in [0.29, 0.717) is 12.2 Å². The molecule has 1 rings (SSSR count). The highest BCUT2D eigenvalue weighted by molar-refractivity contribution is 5.73. The average molecular weight is 250 g/mol. The molecule has 3 heteroatoms. The molecule has 0 aliphatic carbocycles. The van der Waals surface area contributed by atoms with Crippen LogP contribution in [0.1, 0.15) is 44.4 Å². The summed E-state index contributed by atoms with van der Waals surface area (Å²) in [7, 11) is 0. The molecule has 1 aromatic rings. The van der Waals surface area contributed by atoms with Gasteiger partial charge in [0.05, 0.1) is 13.0 Å². The van der Waals surface area contributed by atoms with Crippen LogP contribution >= 0.6 is 0 Å². The van der Waals surface area contributed by atoms with Crippen molar-refractivity contribution in [3.8, 4) is 5.75 Å². The highest BCUT2D eigenvalue weighted by Gasteiger charge is 2.19. The third-order valence-electron chi connectivity index (χ3n) is 2.87. The lowest BCUT2D eigenvalue weighted by atomic mass is 9.83. The van der Waals surface area contributed by atoms with Crippen molar-refractivity contribution in [2.75, 3.05) is 6.61 Å². The molecule has 0 aliphatic rings. The lowest BCUT2D eigenvalue weighted by molar-refractivity contribution is -0.142. The Bertz CT molecular complexity index is 442. The molecule has 0 aliphatic heterocycles. The van der Waals surface area contributed by atoms with E-state index in [0.717, 1.165) is 11.1 Å². The Hall–Kier alpha value is -1.51. The number of aryl methyl sites for hydroxylation is 1. The number of aromatic hydroxyl groups is 1. The molecule has 1 aromatic carbocycles. The quantitative estimate of drug-likeness (QED) is 0.838. The summed E-state index contributed by atoms with van der Waals surface area (Å²) in [6.07, 6.45) is 0.116. The van der Waals surface area contributed by atoms with Crippen LogP contribution in [-0.2, 0) is 21.4 Å². The highest BCUT2D eigenvalue weighted by atomic mass is 16.5. The van der Waals surface area contributed by atoms with E-state index < -0.39 is 0 Å². The van der Waals surface area contributed by atoms with Crippen molar-refractivity contribution in [1.82, 2.24) is 0 Å². The molecule has 0 heterocycles. The first-order valence-corrected chi connectivity index (χ1v) is 6.24. The van der Waals surface area contributed by atoms with Gasteiger partial charge in [0.25, 0.3) is 0 Å². The monoisotopic (exact) mass is 250 g/mol. The number of phenols is 1. The van der Waals surface area contributed by atoms with Gasteiger partial charge in [-0.15, -0.1) is 0 Å². The maximum atomic E-state index is 11.4. The van der Waals surface area contributed by atoms with Crippen molar-refractivity contribution in [2.45, 2.75) is 46.5 Å². The van der Waals surface area contributed by atoms with E-state index in [2.05, 4.69) is 20.8 Å². The third kappa shape index (κ3) is 3.49. The lowest BCUT2D eigenvalue weighted by Crippen LogP contribution is -2.14. The van der Waals surface area contributed by atoms with Crippen molar-refractivity contribution in [3.63, 3.8) is 0 Å². The molecule has 3 nitrogen and oxygen atoms in total. The Morgan fingerprint density at radius 3 is 2.44 bits per heavy atom. The van der Waals surface area contributed by atoms with E-state index in [9.17, 15) is 9.90 Å². The molecule has 0 fully saturated rings. The van der Waals surface area contributed by atoms with E-state index in [1.165, 1.54) is 0 Å². The second kappa shape index (κ2) is 5.42. The second-order valence-electron chi connectivity index (χ2n) is 5.53. The van der Waals surface area contributed by atoms with Crippen molar-refractivity contribution in [1.29, 1.82) is 0 Å². The van der Waals surface area contributed by atoms with Crippen LogP contribution in [0.4, 0.5) is 0 Å². The maximum absolute atomic E-state index is 11.4. The van der Waals surface area contributed by atoms with Gasteiger partial charge in [0.1, 0.15) is 5.75 Å². The highest BCUT2D eigenvalue weighted by Crippen LogP contribution is 2.31. The molecule has 100 valence electrons. The second-order valence-corrected chi connectivity index (χ2v) is 5.53. The van der Waals surface area contributed by atoms with Gasteiger partial charge in [-0.1, -0.05) is 26.8 Å². The summed E-state index contributed by atoms with van der Waals surface area (Å²) >= 11 is 0. The number of benzene rings is 1. The van der Waals surface area contributed by atoms with Gasteiger partial charge in [-0.05, 0) is 36.5 Å². The van der Waals surface area contributed by atoms with Crippen LogP contribution in [0.25, 0.3) is 0 Å². The summed E-state index contributed by atoms with van der Waals surface area (Å²) in [6, 6.07) is 3.62. The van der Waals surface area contributed by atoms with Crippen LogP contribution in [-0.4, -0.2) is 17.7 Å². The number of rotatable bonds is 3. The fourth-order valence-electron chi connectivity index (χ4n) is 2.07. The Morgan fingerprint density at radius 2 is 1.94 bits per heavy atom. The number of carbonyl (C=O) groups is 1. The van der Waals surface area contributed by atoms with Crippen LogP contribution in [0, 0.1) is 6.92 Å². The van der Waals surface area contributed by atoms with E-state index >= 15 is 0 Å². The van der Waals surface area contributed by atoms with E-state index in [1.54, 1.807) is 13.0 Å². The molecule has 0 aromatic heterocycles. The molecule has 0 radical (unpaired) electrons. The SMILES string of the molecule is CCOC(=O)Cc1cc(C)c(C(C)(C)C)cc1O. The fraction of sp³-hybridized carbons (Fsp3) is 0.533. The summed E-state index contributed by atoms with van der Waals surface area (Å²) < 4.78 is 4.89. The minimum Gasteiger partial charge on any atom is -0.508 e. The van der Waals surface area contributed by atoms with Crippen molar-refractivity contribution in [2.24, 2.45) is 0 Å². The predicted octanol–water partition coefficient (Wildman–Crippen LogP) is 3.10. The van der Waals surface area contributed by atoms with Gasteiger partial charge < -0.3 is 9.84 Å². The molecule has 0 unspecified atom stereocenters. The Balaban J connectivity index is 3.04. The molecule has 0 spiro atoms. The summed E-state index contributed by atoms with van der Waals surface area (Å²) in [5, 5.41) is 9.99. The van der Waals surface area contributed by atoms with Gasteiger partial charge >= 0.3 is 5.97 Å². The molecular formula is C15H22O3. The summed E-state index contributed by atoms with van der Waals surface area (Å²) in [4.78, 5) is 11.4. The first-order valence-electron chi connectivity index (χ1n) is 6.24. The lowest BCUT2D eigenvalue weighted by Gasteiger charge is -2.22. The maximum Gasteiger partial charge on any atom is 0.310 e. The molecule has 0 saturated carbocycles. The zero-order valence-electron chi connectivity index (χ0n) is 11.8. The summed E-state index contributed by atoms with van der Waals surface area (Å²) in [5.74, 6) is -0.144. The van der Waals surface area contributed by atoms with Crippen LogP contribution in [0.3, 0.4) is 0 Å².